The van der Waals surface area contributed by atoms with Crippen LogP contribution in [-0.4, -0.2) is 25.8 Å². The van der Waals surface area contributed by atoms with Gasteiger partial charge in [0.1, 0.15) is 0 Å². The molecule has 2 N–H and O–H groups in total. The van der Waals surface area contributed by atoms with Gasteiger partial charge in [-0.05, 0) is 42.9 Å². The number of sulfonamides is 1. The van der Waals surface area contributed by atoms with Gasteiger partial charge in [0, 0.05) is 19.6 Å². The molecule has 0 heterocycles. The van der Waals surface area contributed by atoms with Gasteiger partial charge in [0.15, 0.2) is 0 Å². The van der Waals surface area contributed by atoms with Crippen molar-refractivity contribution >= 4 is 10.0 Å². The van der Waals surface area contributed by atoms with Gasteiger partial charge in [-0.15, -0.1) is 0 Å². The zero-order chi connectivity index (χ0) is 14.8. The highest BCUT2D eigenvalue weighted by Crippen LogP contribution is 2.30. The maximum atomic E-state index is 12.8. The Bertz CT molecular complexity index is 565. The largest absolute Gasteiger partial charge is 0.326 e. The fraction of sp³-hybridized carbons (Fsp3) is 0.600. The van der Waals surface area contributed by atoms with Crippen molar-refractivity contribution in [3.05, 3.63) is 29.3 Å². The number of rotatable bonds is 6. The summed E-state index contributed by atoms with van der Waals surface area (Å²) in [5, 5.41) is 0. The van der Waals surface area contributed by atoms with Crippen LogP contribution in [0.5, 0.6) is 0 Å². The summed E-state index contributed by atoms with van der Waals surface area (Å²) < 4.78 is 27.2. The second-order valence-electron chi connectivity index (χ2n) is 5.56. The van der Waals surface area contributed by atoms with Crippen molar-refractivity contribution in [3.63, 3.8) is 0 Å². The van der Waals surface area contributed by atoms with Crippen molar-refractivity contribution in [2.45, 2.75) is 44.6 Å². The SMILES string of the molecule is CCN(CC1CCC1)S(=O)(=O)c1cc(CN)ccc1C. The zero-order valence-electron chi connectivity index (χ0n) is 12.3. The first kappa shape index (κ1) is 15.5. The van der Waals surface area contributed by atoms with Gasteiger partial charge in [-0.1, -0.05) is 25.5 Å². The molecule has 0 aliphatic heterocycles. The molecule has 0 bridgehead atoms. The van der Waals surface area contributed by atoms with E-state index in [1.807, 2.05) is 26.0 Å². The van der Waals surface area contributed by atoms with E-state index in [1.54, 1.807) is 10.4 Å². The first-order valence-electron chi connectivity index (χ1n) is 7.28. The van der Waals surface area contributed by atoms with Gasteiger partial charge >= 0.3 is 0 Å². The van der Waals surface area contributed by atoms with E-state index in [0.29, 0.717) is 30.4 Å². The molecule has 1 aliphatic rings. The second-order valence-corrected chi connectivity index (χ2v) is 7.46. The lowest BCUT2D eigenvalue weighted by Crippen LogP contribution is -2.37. The Morgan fingerprint density at radius 3 is 2.55 bits per heavy atom. The van der Waals surface area contributed by atoms with Gasteiger partial charge in [0.2, 0.25) is 10.0 Å². The van der Waals surface area contributed by atoms with Crippen LogP contribution < -0.4 is 5.73 Å². The van der Waals surface area contributed by atoms with Crippen molar-refractivity contribution < 1.29 is 8.42 Å². The van der Waals surface area contributed by atoms with E-state index in [0.717, 1.165) is 24.0 Å². The fourth-order valence-electron chi connectivity index (χ4n) is 2.55. The van der Waals surface area contributed by atoms with Crippen LogP contribution in [-0.2, 0) is 16.6 Å². The Morgan fingerprint density at radius 2 is 2.05 bits per heavy atom. The Balaban J connectivity index is 2.31. The van der Waals surface area contributed by atoms with Crippen LogP contribution in [0, 0.1) is 12.8 Å². The molecular formula is C15H24N2O2S. The average molecular weight is 296 g/mol. The molecular weight excluding hydrogens is 272 g/mol. The normalized spacial score (nSPS) is 16.4. The van der Waals surface area contributed by atoms with Crippen molar-refractivity contribution in [3.8, 4) is 0 Å². The molecule has 0 unspecified atom stereocenters. The summed E-state index contributed by atoms with van der Waals surface area (Å²) in [7, 11) is -3.41. The van der Waals surface area contributed by atoms with Crippen molar-refractivity contribution in [1.82, 2.24) is 4.31 Å². The van der Waals surface area contributed by atoms with Crippen molar-refractivity contribution in [2.75, 3.05) is 13.1 Å². The van der Waals surface area contributed by atoms with Gasteiger partial charge in [0.05, 0.1) is 4.90 Å². The Morgan fingerprint density at radius 1 is 1.35 bits per heavy atom. The Kier molecular flexibility index (Phi) is 4.83. The van der Waals surface area contributed by atoms with Crippen LogP contribution in [0.1, 0.15) is 37.3 Å². The van der Waals surface area contributed by atoms with Crippen LogP contribution in [0.4, 0.5) is 0 Å². The molecule has 0 atom stereocenters. The maximum absolute atomic E-state index is 12.8. The molecule has 1 fully saturated rings. The minimum Gasteiger partial charge on any atom is -0.326 e. The van der Waals surface area contributed by atoms with Crippen LogP contribution >= 0.6 is 0 Å². The smallest absolute Gasteiger partial charge is 0.243 e. The van der Waals surface area contributed by atoms with E-state index in [-0.39, 0.29) is 0 Å². The van der Waals surface area contributed by atoms with Crippen LogP contribution in [0.2, 0.25) is 0 Å². The maximum Gasteiger partial charge on any atom is 0.243 e. The minimum absolute atomic E-state index is 0.359. The molecule has 1 aromatic carbocycles. The average Bonchev–Trinajstić information content (AvgIpc) is 2.37. The number of nitrogens with two attached hydrogens (primary N) is 1. The predicted octanol–water partition coefficient (Wildman–Crippen LogP) is 2.26. The third-order valence-corrected chi connectivity index (χ3v) is 6.23. The molecule has 1 saturated carbocycles. The monoisotopic (exact) mass is 296 g/mol. The van der Waals surface area contributed by atoms with E-state index >= 15 is 0 Å². The van der Waals surface area contributed by atoms with E-state index in [2.05, 4.69) is 0 Å². The zero-order valence-corrected chi connectivity index (χ0v) is 13.1. The summed E-state index contributed by atoms with van der Waals surface area (Å²) >= 11 is 0. The summed E-state index contributed by atoms with van der Waals surface area (Å²) in [6, 6.07) is 5.44. The van der Waals surface area contributed by atoms with E-state index in [1.165, 1.54) is 6.42 Å². The highest BCUT2D eigenvalue weighted by Gasteiger charge is 2.29. The number of nitrogens with zero attached hydrogens (tertiary/aromatic N) is 1. The minimum atomic E-state index is -3.41. The van der Waals surface area contributed by atoms with Crippen LogP contribution in [0.3, 0.4) is 0 Å². The molecule has 0 spiro atoms. The first-order chi connectivity index (χ1) is 9.48. The van der Waals surface area contributed by atoms with Crippen molar-refractivity contribution in [1.29, 1.82) is 0 Å². The highest BCUT2D eigenvalue weighted by molar-refractivity contribution is 7.89. The third-order valence-electron chi connectivity index (χ3n) is 4.15. The molecule has 0 aromatic heterocycles. The fourth-order valence-corrected chi connectivity index (χ4v) is 4.35. The summed E-state index contributed by atoms with van der Waals surface area (Å²) in [5.74, 6) is 0.530. The molecule has 5 heteroatoms. The lowest BCUT2D eigenvalue weighted by Gasteiger charge is -2.31. The molecule has 0 amide bonds. The number of aryl methyl sites for hydroxylation is 1. The van der Waals surface area contributed by atoms with Gasteiger partial charge in [-0.2, -0.15) is 4.31 Å². The van der Waals surface area contributed by atoms with Gasteiger partial charge in [-0.25, -0.2) is 8.42 Å². The van der Waals surface area contributed by atoms with Gasteiger partial charge < -0.3 is 5.73 Å². The molecule has 4 nitrogen and oxygen atoms in total. The predicted molar refractivity (Wildman–Crippen MR) is 80.8 cm³/mol. The van der Waals surface area contributed by atoms with Gasteiger partial charge in [-0.3, -0.25) is 0 Å². The third kappa shape index (κ3) is 3.05. The van der Waals surface area contributed by atoms with E-state index in [4.69, 9.17) is 5.73 Å². The quantitative estimate of drug-likeness (QED) is 0.876. The highest BCUT2D eigenvalue weighted by atomic mass is 32.2. The molecule has 1 aliphatic carbocycles. The molecule has 112 valence electrons. The topological polar surface area (TPSA) is 63.4 Å². The van der Waals surface area contributed by atoms with E-state index in [9.17, 15) is 8.42 Å². The van der Waals surface area contributed by atoms with Crippen LogP contribution in [0.15, 0.2) is 23.1 Å². The van der Waals surface area contributed by atoms with Gasteiger partial charge in [0.25, 0.3) is 0 Å². The number of hydrogen-bond donors (Lipinski definition) is 1. The van der Waals surface area contributed by atoms with Crippen LogP contribution in [0.25, 0.3) is 0 Å². The van der Waals surface area contributed by atoms with E-state index < -0.39 is 10.0 Å². The summed E-state index contributed by atoms with van der Waals surface area (Å²) in [5.41, 5.74) is 7.27. The Hall–Kier alpha value is -0.910. The molecule has 2 rings (SSSR count). The second kappa shape index (κ2) is 6.24. The molecule has 20 heavy (non-hydrogen) atoms. The molecule has 0 saturated heterocycles. The number of benzene rings is 1. The molecule has 1 aromatic rings. The van der Waals surface area contributed by atoms with Crippen molar-refractivity contribution in [2.24, 2.45) is 11.7 Å². The summed E-state index contributed by atoms with van der Waals surface area (Å²) in [6.07, 6.45) is 3.52. The first-order valence-corrected chi connectivity index (χ1v) is 8.72. The Labute approximate surface area is 122 Å². The summed E-state index contributed by atoms with van der Waals surface area (Å²) in [6.45, 7) is 5.26. The standard InChI is InChI=1S/C15H24N2O2S/c1-3-17(11-13-5-4-6-13)20(18,19)15-9-14(10-16)8-7-12(15)2/h7-9,13H,3-6,10-11,16H2,1-2H3. The lowest BCUT2D eigenvalue weighted by molar-refractivity contribution is 0.250. The number of hydrogen-bond acceptors (Lipinski definition) is 3. The lowest BCUT2D eigenvalue weighted by atomic mass is 9.85. The summed E-state index contributed by atoms with van der Waals surface area (Å²) in [4.78, 5) is 0.404. The molecule has 0 radical (unpaired) electrons.